The summed E-state index contributed by atoms with van der Waals surface area (Å²) in [6.07, 6.45) is 5.28. The highest BCUT2D eigenvalue weighted by molar-refractivity contribution is 5.84. The fraction of sp³-hybridized carbons (Fsp3) is 0. The van der Waals surface area contributed by atoms with Crippen molar-refractivity contribution in [2.24, 2.45) is 0 Å². The summed E-state index contributed by atoms with van der Waals surface area (Å²) in [5.41, 5.74) is 6.29. The van der Waals surface area contributed by atoms with Gasteiger partial charge in [-0.25, -0.2) is 8.78 Å². The van der Waals surface area contributed by atoms with E-state index < -0.39 is 0 Å². The van der Waals surface area contributed by atoms with Gasteiger partial charge in [0.2, 0.25) is 0 Å². The van der Waals surface area contributed by atoms with Crippen molar-refractivity contribution in [1.29, 1.82) is 0 Å². The summed E-state index contributed by atoms with van der Waals surface area (Å²) in [6.45, 7) is 0. The van der Waals surface area contributed by atoms with Gasteiger partial charge in [0.05, 0.1) is 11.4 Å². The van der Waals surface area contributed by atoms with Crippen molar-refractivity contribution in [3.8, 4) is 44.9 Å². The van der Waals surface area contributed by atoms with E-state index in [0.717, 1.165) is 33.5 Å². The number of benzene rings is 2. The summed E-state index contributed by atoms with van der Waals surface area (Å²) in [4.78, 5) is 4.50. The highest BCUT2D eigenvalue weighted by atomic mass is 19.1. The van der Waals surface area contributed by atoms with Gasteiger partial charge in [0, 0.05) is 40.8 Å². The van der Waals surface area contributed by atoms with E-state index in [2.05, 4.69) is 25.4 Å². The second-order valence-electron chi connectivity index (χ2n) is 6.74. The minimum absolute atomic E-state index is 0.296. The lowest BCUT2D eigenvalue weighted by Gasteiger charge is -2.06. The minimum Gasteiger partial charge on any atom is -0.284 e. The Bertz CT molecular complexity index is 1210. The molecule has 0 aliphatic heterocycles. The number of pyridine rings is 1. The molecule has 0 spiro atoms. The molecular weight excluding hydrogens is 384 g/mol. The normalized spacial score (nSPS) is 11.0. The maximum atomic E-state index is 13.3. The van der Waals surface area contributed by atoms with Crippen molar-refractivity contribution < 1.29 is 8.78 Å². The molecular formula is C23H15F2N5. The lowest BCUT2D eigenvalue weighted by Crippen LogP contribution is -1.89. The molecule has 0 radical (unpaired) electrons. The van der Waals surface area contributed by atoms with Crippen LogP contribution in [0.15, 0.2) is 79.3 Å². The van der Waals surface area contributed by atoms with Gasteiger partial charge in [-0.2, -0.15) is 10.2 Å². The van der Waals surface area contributed by atoms with Crippen LogP contribution in [-0.2, 0) is 0 Å². The van der Waals surface area contributed by atoms with Gasteiger partial charge in [0.1, 0.15) is 17.3 Å². The number of hydrogen-bond acceptors (Lipinski definition) is 3. The SMILES string of the molecule is Fc1ccc(-c2n[nH]cc2-c2ccnc(-c3c[nH]nc3-c3ccc(F)cc3)c2)cc1. The van der Waals surface area contributed by atoms with Crippen LogP contribution in [0.3, 0.4) is 0 Å². The highest BCUT2D eigenvalue weighted by Crippen LogP contribution is 2.34. The van der Waals surface area contributed by atoms with Gasteiger partial charge in [-0.3, -0.25) is 15.2 Å². The van der Waals surface area contributed by atoms with Crippen LogP contribution in [0.25, 0.3) is 44.9 Å². The molecule has 5 rings (SSSR count). The molecule has 2 aromatic carbocycles. The molecule has 30 heavy (non-hydrogen) atoms. The first-order valence-electron chi connectivity index (χ1n) is 9.25. The smallest absolute Gasteiger partial charge is 0.123 e. The van der Waals surface area contributed by atoms with Crippen LogP contribution in [0.5, 0.6) is 0 Å². The largest absolute Gasteiger partial charge is 0.284 e. The molecule has 3 heterocycles. The summed E-state index contributed by atoms with van der Waals surface area (Å²) >= 11 is 0. The molecule has 0 saturated heterocycles. The lowest BCUT2D eigenvalue weighted by molar-refractivity contribution is 0.627. The zero-order valence-electron chi connectivity index (χ0n) is 15.6. The third-order valence-corrected chi connectivity index (χ3v) is 4.86. The Hall–Kier alpha value is -4.13. The first-order chi connectivity index (χ1) is 14.7. The molecule has 0 amide bonds. The van der Waals surface area contributed by atoms with Crippen molar-refractivity contribution in [3.63, 3.8) is 0 Å². The van der Waals surface area contributed by atoms with Crippen LogP contribution in [0, 0.1) is 11.6 Å². The van der Waals surface area contributed by atoms with E-state index in [1.807, 2.05) is 12.1 Å². The molecule has 5 nitrogen and oxygen atoms in total. The Labute approximate surface area is 170 Å². The van der Waals surface area contributed by atoms with Crippen molar-refractivity contribution >= 4 is 0 Å². The Morgan fingerprint density at radius 3 is 1.73 bits per heavy atom. The number of halogens is 2. The number of nitrogens with zero attached hydrogens (tertiary/aromatic N) is 3. The molecule has 7 heteroatoms. The van der Waals surface area contributed by atoms with Crippen LogP contribution in [-0.4, -0.2) is 25.4 Å². The van der Waals surface area contributed by atoms with E-state index in [-0.39, 0.29) is 11.6 Å². The minimum atomic E-state index is -0.302. The third kappa shape index (κ3) is 3.26. The zero-order valence-corrected chi connectivity index (χ0v) is 15.6. The Kier molecular flexibility index (Phi) is 4.40. The summed E-state index contributed by atoms with van der Waals surface area (Å²) in [5.74, 6) is -0.598. The molecule has 2 N–H and O–H groups in total. The Morgan fingerprint density at radius 2 is 1.13 bits per heavy atom. The second kappa shape index (κ2) is 7.36. The number of aromatic nitrogens is 5. The maximum absolute atomic E-state index is 13.3. The number of hydrogen-bond donors (Lipinski definition) is 2. The summed E-state index contributed by atoms with van der Waals surface area (Å²) in [7, 11) is 0. The molecule has 0 atom stereocenters. The lowest BCUT2D eigenvalue weighted by atomic mass is 10.00. The van der Waals surface area contributed by atoms with Gasteiger partial charge >= 0.3 is 0 Å². The van der Waals surface area contributed by atoms with Crippen LogP contribution < -0.4 is 0 Å². The van der Waals surface area contributed by atoms with Gasteiger partial charge in [-0.15, -0.1) is 0 Å². The van der Waals surface area contributed by atoms with Crippen LogP contribution in [0.4, 0.5) is 8.78 Å². The van der Waals surface area contributed by atoms with Crippen LogP contribution >= 0.6 is 0 Å². The molecule has 3 aromatic heterocycles. The predicted octanol–water partition coefficient (Wildman–Crippen LogP) is 5.47. The monoisotopic (exact) mass is 399 g/mol. The topological polar surface area (TPSA) is 70.2 Å². The Morgan fingerprint density at radius 1 is 0.600 bits per heavy atom. The van der Waals surface area contributed by atoms with Gasteiger partial charge in [0.25, 0.3) is 0 Å². The molecule has 0 fully saturated rings. The molecule has 5 aromatic rings. The Balaban J connectivity index is 1.56. The first kappa shape index (κ1) is 17.9. The standard InChI is InChI=1S/C23H15F2N5/c24-17-5-1-14(2-6-17)22-19(12-27-29-22)16-9-10-26-21(11-16)20-13-28-30-23(20)15-3-7-18(25)8-4-15/h1-13H,(H,27,29)(H,28,30). The van der Waals surface area contributed by atoms with Crippen molar-refractivity contribution in [3.05, 3.63) is 90.9 Å². The molecule has 0 aliphatic carbocycles. The van der Waals surface area contributed by atoms with Gasteiger partial charge in [-0.05, 0) is 66.2 Å². The van der Waals surface area contributed by atoms with Crippen molar-refractivity contribution in [1.82, 2.24) is 25.4 Å². The van der Waals surface area contributed by atoms with E-state index >= 15 is 0 Å². The van der Waals surface area contributed by atoms with Gasteiger partial charge in [0.15, 0.2) is 0 Å². The van der Waals surface area contributed by atoms with E-state index in [9.17, 15) is 8.78 Å². The molecule has 0 saturated carbocycles. The summed E-state index contributed by atoms with van der Waals surface area (Å²) < 4.78 is 26.6. The highest BCUT2D eigenvalue weighted by Gasteiger charge is 2.15. The molecule has 146 valence electrons. The van der Waals surface area contributed by atoms with E-state index in [4.69, 9.17) is 0 Å². The number of aromatic amines is 2. The van der Waals surface area contributed by atoms with E-state index in [0.29, 0.717) is 11.4 Å². The van der Waals surface area contributed by atoms with Gasteiger partial charge in [-0.1, -0.05) is 0 Å². The summed E-state index contributed by atoms with van der Waals surface area (Å²) in [5, 5.41) is 14.4. The van der Waals surface area contributed by atoms with Crippen molar-refractivity contribution in [2.75, 3.05) is 0 Å². The molecule has 0 unspecified atom stereocenters. The maximum Gasteiger partial charge on any atom is 0.123 e. The number of rotatable bonds is 4. The first-order valence-corrected chi connectivity index (χ1v) is 9.25. The average Bonchev–Trinajstić information content (AvgIpc) is 3.45. The molecule has 0 bridgehead atoms. The molecule has 0 aliphatic rings. The fourth-order valence-electron chi connectivity index (χ4n) is 3.40. The fourth-order valence-corrected chi connectivity index (χ4v) is 3.40. The summed E-state index contributed by atoms with van der Waals surface area (Å²) in [6, 6.07) is 16.2. The van der Waals surface area contributed by atoms with E-state index in [1.165, 1.54) is 24.3 Å². The quantitative estimate of drug-likeness (QED) is 0.421. The zero-order chi connectivity index (χ0) is 20.5. The van der Waals surface area contributed by atoms with Gasteiger partial charge < -0.3 is 0 Å². The van der Waals surface area contributed by atoms with Crippen LogP contribution in [0.2, 0.25) is 0 Å². The number of H-pyrrole nitrogens is 2. The van der Waals surface area contributed by atoms with Crippen LogP contribution in [0.1, 0.15) is 0 Å². The second-order valence-corrected chi connectivity index (χ2v) is 6.74. The van der Waals surface area contributed by atoms with Crippen molar-refractivity contribution in [2.45, 2.75) is 0 Å². The number of nitrogens with one attached hydrogen (secondary N) is 2. The van der Waals surface area contributed by atoms with E-state index in [1.54, 1.807) is 42.9 Å². The average molecular weight is 399 g/mol. The predicted molar refractivity (Wildman–Crippen MR) is 110 cm³/mol. The third-order valence-electron chi connectivity index (χ3n) is 4.86.